The number of nitrogens with zero attached hydrogens (tertiary/aromatic N) is 2. The molecule has 1 fully saturated rings. The van der Waals surface area contributed by atoms with Gasteiger partial charge in [0.1, 0.15) is 17.2 Å². The molecule has 3 nitrogen and oxygen atoms in total. The van der Waals surface area contributed by atoms with Gasteiger partial charge in [0, 0.05) is 17.8 Å². The van der Waals surface area contributed by atoms with E-state index in [2.05, 4.69) is 5.32 Å². The van der Waals surface area contributed by atoms with Gasteiger partial charge >= 0.3 is 0 Å². The number of benzene rings is 1. The Kier molecular flexibility index (Phi) is 4.33. The molecule has 1 saturated carbocycles. The van der Waals surface area contributed by atoms with Gasteiger partial charge in [-0.05, 0) is 37.1 Å². The van der Waals surface area contributed by atoms with Crippen LogP contribution in [0.25, 0.3) is 16.9 Å². The van der Waals surface area contributed by atoms with Crippen molar-refractivity contribution in [3.8, 4) is 11.3 Å². The maximum absolute atomic E-state index is 6.46. The van der Waals surface area contributed by atoms with Crippen LogP contribution >= 0.6 is 34.8 Å². The van der Waals surface area contributed by atoms with Gasteiger partial charge in [-0.1, -0.05) is 53.7 Å². The molecule has 1 N–H and O–H groups in total. The fourth-order valence-corrected chi connectivity index (χ4v) is 4.02. The Morgan fingerprint density at radius 2 is 1.75 bits per heavy atom. The van der Waals surface area contributed by atoms with E-state index < -0.39 is 0 Å². The van der Waals surface area contributed by atoms with Gasteiger partial charge in [-0.2, -0.15) is 0 Å². The van der Waals surface area contributed by atoms with Crippen LogP contribution in [0.3, 0.4) is 0 Å². The summed E-state index contributed by atoms with van der Waals surface area (Å²) in [7, 11) is 0. The van der Waals surface area contributed by atoms with Crippen molar-refractivity contribution in [1.29, 1.82) is 0 Å². The third-order valence-corrected chi connectivity index (χ3v) is 5.63. The first-order valence-electron chi connectivity index (χ1n) is 8.02. The van der Waals surface area contributed by atoms with Crippen LogP contribution in [0.15, 0.2) is 36.5 Å². The first kappa shape index (κ1) is 16.1. The summed E-state index contributed by atoms with van der Waals surface area (Å²) in [5.74, 6) is 0.920. The quantitative estimate of drug-likeness (QED) is 0.539. The summed E-state index contributed by atoms with van der Waals surface area (Å²) in [5, 5.41) is 5.09. The van der Waals surface area contributed by atoms with Gasteiger partial charge in [0.25, 0.3) is 0 Å². The predicted octanol–water partition coefficient (Wildman–Crippen LogP) is 6.32. The van der Waals surface area contributed by atoms with E-state index in [1.165, 1.54) is 12.8 Å². The van der Waals surface area contributed by atoms with E-state index in [1.54, 1.807) is 12.1 Å². The maximum Gasteiger partial charge on any atom is 0.139 e. The van der Waals surface area contributed by atoms with E-state index in [1.807, 2.05) is 28.8 Å². The van der Waals surface area contributed by atoms with Gasteiger partial charge in [0.15, 0.2) is 0 Å². The van der Waals surface area contributed by atoms with Crippen LogP contribution in [-0.2, 0) is 0 Å². The molecule has 0 saturated heterocycles. The summed E-state index contributed by atoms with van der Waals surface area (Å²) in [5.41, 5.74) is 2.26. The van der Waals surface area contributed by atoms with E-state index in [0.29, 0.717) is 26.7 Å². The normalized spacial score (nSPS) is 15.3. The molecular weight excluding hydrogens is 365 g/mol. The lowest BCUT2D eigenvalue weighted by Gasteiger charge is -2.16. The van der Waals surface area contributed by atoms with Gasteiger partial charge in [-0.15, -0.1) is 0 Å². The van der Waals surface area contributed by atoms with Gasteiger partial charge in [-0.3, -0.25) is 4.40 Å². The molecule has 2 aromatic heterocycles. The van der Waals surface area contributed by atoms with Gasteiger partial charge in [0.05, 0.1) is 15.1 Å². The van der Waals surface area contributed by atoms with Crippen molar-refractivity contribution in [2.24, 2.45) is 0 Å². The van der Waals surface area contributed by atoms with E-state index in [-0.39, 0.29) is 0 Å². The van der Waals surface area contributed by atoms with Crippen molar-refractivity contribution < 1.29 is 0 Å². The van der Waals surface area contributed by atoms with Crippen LogP contribution in [-0.4, -0.2) is 15.4 Å². The number of anilines is 1. The monoisotopic (exact) mass is 379 g/mol. The molecule has 0 spiro atoms. The molecular formula is C18H16Cl3N3. The molecule has 0 atom stereocenters. The van der Waals surface area contributed by atoms with Gasteiger partial charge in [-0.25, -0.2) is 4.98 Å². The summed E-state index contributed by atoms with van der Waals surface area (Å²) < 4.78 is 2.04. The minimum atomic E-state index is 0.432. The molecule has 1 aromatic carbocycles. The summed E-state index contributed by atoms with van der Waals surface area (Å²) in [6.07, 6.45) is 6.83. The van der Waals surface area contributed by atoms with E-state index in [9.17, 15) is 0 Å². The Balaban J connectivity index is 1.93. The van der Waals surface area contributed by atoms with Crippen molar-refractivity contribution >= 4 is 46.3 Å². The maximum atomic E-state index is 6.46. The van der Waals surface area contributed by atoms with Gasteiger partial charge < -0.3 is 5.32 Å². The minimum Gasteiger partial charge on any atom is -0.367 e. The Bertz CT molecular complexity index is 898. The molecule has 24 heavy (non-hydrogen) atoms. The molecule has 1 aliphatic rings. The van der Waals surface area contributed by atoms with E-state index in [0.717, 1.165) is 30.0 Å². The Morgan fingerprint density at radius 3 is 2.54 bits per heavy atom. The van der Waals surface area contributed by atoms with E-state index >= 15 is 0 Å². The Hall–Kier alpha value is -1.42. The number of pyridine rings is 1. The van der Waals surface area contributed by atoms with Gasteiger partial charge in [0.2, 0.25) is 0 Å². The molecule has 3 aromatic rings. The third-order valence-electron chi connectivity index (χ3n) is 4.51. The number of halogens is 3. The highest BCUT2D eigenvalue weighted by molar-refractivity contribution is 6.46. The average molecular weight is 381 g/mol. The lowest BCUT2D eigenvalue weighted by molar-refractivity contribution is 0.749. The molecule has 6 heteroatoms. The van der Waals surface area contributed by atoms with E-state index in [4.69, 9.17) is 39.8 Å². The van der Waals surface area contributed by atoms with Crippen molar-refractivity contribution in [1.82, 2.24) is 9.38 Å². The number of nitrogens with one attached hydrogen (secondary N) is 1. The topological polar surface area (TPSA) is 29.3 Å². The highest BCUT2D eigenvalue weighted by atomic mass is 35.5. The molecule has 0 unspecified atom stereocenters. The predicted molar refractivity (Wildman–Crippen MR) is 102 cm³/mol. The van der Waals surface area contributed by atoms with Crippen LogP contribution in [0.1, 0.15) is 25.7 Å². The van der Waals surface area contributed by atoms with Crippen molar-refractivity contribution in [2.75, 3.05) is 5.32 Å². The summed E-state index contributed by atoms with van der Waals surface area (Å²) in [6.45, 7) is 0. The minimum absolute atomic E-state index is 0.432. The van der Waals surface area contributed by atoms with Crippen molar-refractivity contribution in [3.63, 3.8) is 0 Å². The van der Waals surface area contributed by atoms with Crippen molar-refractivity contribution in [2.45, 2.75) is 31.7 Å². The molecule has 124 valence electrons. The highest BCUT2D eigenvalue weighted by Crippen LogP contribution is 2.42. The average Bonchev–Trinajstić information content (AvgIpc) is 3.21. The SMILES string of the molecule is Clc1ccc(Cl)c(-c2nc3ccccn3c2NC2CCCC2)c1Cl. The number of hydrogen-bond acceptors (Lipinski definition) is 2. The zero-order chi connectivity index (χ0) is 16.7. The highest BCUT2D eigenvalue weighted by Gasteiger charge is 2.23. The second-order valence-electron chi connectivity index (χ2n) is 6.08. The number of imidazole rings is 1. The number of fused-ring (bicyclic) bond motifs is 1. The Morgan fingerprint density at radius 1 is 1.00 bits per heavy atom. The third kappa shape index (κ3) is 2.75. The first-order chi connectivity index (χ1) is 11.6. The number of rotatable bonds is 3. The van der Waals surface area contributed by atoms with Crippen LogP contribution in [0.5, 0.6) is 0 Å². The summed E-state index contributed by atoms with van der Waals surface area (Å²) in [4.78, 5) is 4.76. The zero-order valence-electron chi connectivity index (χ0n) is 12.9. The second-order valence-corrected chi connectivity index (χ2v) is 7.27. The molecule has 0 aliphatic heterocycles. The Labute approximate surface area is 155 Å². The van der Waals surface area contributed by atoms with Crippen LogP contribution in [0.4, 0.5) is 5.82 Å². The van der Waals surface area contributed by atoms with Crippen LogP contribution < -0.4 is 5.32 Å². The fraction of sp³-hybridized carbons (Fsp3) is 0.278. The van der Waals surface area contributed by atoms with Crippen LogP contribution in [0, 0.1) is 0 Å². The fourth-order valence-electron chi connectivity index (χ4n) is 3.32. The standard InChI is InChI=1S/C18H16Cl3N3/c19-12-8-9-13(20)16(21)15(12)17-18(22-11-5-1-2-6-11)24-10-4-3-7-14(24)23-17/h3-4,7-11,22H,1-2,5-6H2. The smallest absolute Gasteiger partial charge is 0.139 e. The molecule has 0 radical (unpaired) electrons. The van der Waals surface area contributed by atoms with Crippen molar-refractivity contribution in [3.05, 3.63) is 51.6 Å². The first-order valence-corrected chi connectivity index (χ1v) is 9.16. The molecule has 0 bridgehead atoms. The summed E-state index contributed by atoms with van der Waals surface area (Å²) in [6, 6.07) is 9.83. The lowest BCUT2D eigenvalue weighted by Crippen LogP contribution is -2.16. The zero-order valence-corrected chi connectivity index (χ0v) is 15.2. The second kappa shape index (κ2) is 6.47. The summed E-state index contributed by atoms with van der Waals surface area (Å²) >= 11 is 19.1. The molecule has 2 heterocycles. The largest absolute Gasteiger partial charge is 0.367 e. The lowest BCUT2D eigenvalue weighted by atomic mass is 10.1. The number of hydrogen-bond donors (Lipinski definition) is 1. The number of aromatic nitrogens is 2. The molecule has 1 aliphatic carbocycles. The molecule has 0 amide bonds. The van der Waals surface area contributed by atoms with Crippen LogP contribution in [0.2, 0.25) is 15.1 Å². The molecule has 4 rings (SSSR count).